The van der Waals surface area contributed by atoms with Gasteiger partial charge in [0.1, 0.15) is 0 Å². The molecule has 0 radical (unpaired) electrons. The summed E-state index contributed by atoms with van der Waals surface area (Å²) in [4.78, 5) is 12.1. The van der Waals surface area contributed by atoms with E-state index in [-0.39, 0.29) is 12.1 Å². The Bertz CT molecular complexity index is 504. The second-order valence-corrected chi connectivity index (χ2v) is 6.63. The summed E-state index contributed by atoms with van der Waals surface area (Å²) < 4.78 is 0. The standard InChI is InChI=1S/C17H24N2O2/c1-12-3-5-13(6-4-12)15(14-7-8-14)19-16(20)18-11-17(21)9-2-10-17/h3-6,14-15,21H,2,7-11H2,1H3,(H2,18,19,20). The Morgan fingerprint density at radius 2 is 2.00 bits per heavy atom. The fourth-order valence-electron chi connectivity index (χ4n) is 2.88. The molecule has 2 aliphatic carbocycles. The zero-order valence-electron chi connectivity index (χ0n) is 12.6. The molecule has 114 valence electrons. The third-order valence-corrected chi connectivity index (χ3v) is 4.68. The summed E-state index contributed by atoms with van der Waals surface area (Å²) in [6, 6.07) is 8.27. The maximum atomic E-state index is 12.1. The van der Waals surface area contributed by atoms with E-state index in [9.17, 15) is 9.90 Å². The van der Waals surface area contributed by atoms with Crippen LogP contribution in [0, 0.1) is 12.8 Å². The summed E-state index contributed by atoms with van der Waals surface area (Å²) in [5, 5.41) is 15.9. The van der Waals surface area contributed by atoms with Crippen LogP contribution in [0.25, 0.3) is 0 Å². The molecular weight excluding hydrogens is 264 g/mol. The first kappa shape index (κ1) is 14.4. The Labute approximate surface area is 125 Å². The Morgan fingerprint density at radius 1 is 1.33 bits per heavy atom. The van der Waals surface area contributed by atoms with E-state index in [0.717, 1.165) is 19.3 Å². The third kappa shape index (κ3) is 3.56. The van der Waals surface area contributed by atoms with Crippen molar-refractivity contribution in [2.24, 2.45) is 5.92 Å². The first-order chi connectivity index (χ1) is 10.1. The van der Waals surface area contributed by atoms with Crippen LogP contribution in [-0.2, 0) is 0 Å². The Kier molecular flexibility index (Phi) is 3.89. The van der Waals surface area contributed by atoms with Gasteiger partial charge in [0, 0.05) is 6.54 Å². The largest absolute Gasteiger partial charge is 0.388 e. The van der Waals surface area contributed by atoms with Crippen LogP contribution in [0.4, 0.5) is 4.79 Å². The Hall–Kier alpha value is -1.55. The molecule has 2 saturated carbocycles. The summed E-state index contributed by atoms with van der Waals surface area (Å²) in [5.74, 6) is 0.547. The average Bonchev–Trinajstić information content (AvgIpc) is 3.26. The van der Waals surface area contributed by atoms with Crippen LogP contribution in [0.1, 0.15) is 49.3 Å². The molecule has 0 spiro atoms. The molecule has 0 bridgehead atoms. The van der Waals surface area contributed by atoms with Crippen molar-refractivity contribution in [1.29, 1.82) is 0 Å². The van der Waals surface area contributed by atoms with E-state index in [0.29, 0.717) is 12.5 Å². The lowest BCUT2D eigenvalue weighted by Crippen LogP contribution is -2.50. The number of aryl methyl sites for hydroxylation is 1. The number of carbonyl (C=O) groups excluding carboxylic acids is 1. The first-order valence-corrected chi connectivity index (χ1v) is 7.89. The van der Waals surface area contributed by atoms with Crippen LogP contribution in [0.3, 0.4) is 0 Å². The lowest BCUT2D eigenvalue weighted by atomic mass is 9.80. The van der Waals surface area contributed by atoms with Gasteiger partial charge in [-0.25, -0.2) is 4.79 Å². The van der Waals surface area contributed by atoms with Gasteiger partial charge >= 0.3 is 6.03 Å². The van der Waals surface area contributed by atoms with Crippen molar-refractivity contribution < 1.29 is 9.90 Å². The highest BCUT2D eigenvalue weighted by atomic mass is 16.3. The molecule has 1 atom stereocenters. The van der Waals surface area contributed by atoms with E-state index in [4.69, 9.17) is 0 Å². The fourth-order valence-corrected chi connectivity index (χ4v) is 2.88. The smallest absolute Gasteiger partial charge is 0.315 e. The van der Waals surface area contributed by atoms with E-state index < -0.39 is 5.60 Å². The fraction of sp³-hybridized carbons (Fsp3) is 0.588. The van der Waals surface area contributed by atoms with E-state index >= 15 is 0 Å². The molecular formula is C17H24N2O2. The molecule has 0 heterocycles. The van der Waals surface area contributed by atoms with Crippen molar-refractivity contribution in [3.8, 4) is 0 Å². The molecule has 2 amide bonds. The summed E-state index contributed by atoms with van der Waals surface area (Å²) in [7, 11) is 0. The van der Waals surface area contributed by atoms with Crippen molar-refractivity contribution in [1.82, 2.24) is 10.6 Å². The number of hydrogen-bond acceptors (Lipinski definition) is 2. The third-order valence-electron chi connectivity index (χ3n) is 4.68. The number of benzene rings is 1. The van der Waals surface area contributed by atoms with Gasteiger partial charge in [-0.2, -0.15) is 0 Å². The predicted molar refractivity (Wildman–Crippen MR) is 82.0 cm³/mol. The molecule has 1 aromatic rings. The lowest BCUT2D eigenvalue weighted by molar-refractivity contribution is -0.0290. The minimum atomic E-state index is -0.670. The van der Waals surface area contributed by atoms with Gasteiger partial charge in [-0.3, -0.25) is 0 Å². The SMILES string of the molecule is Cc1ccc(C(NC(=O)NCC2(O)CCC2)C2CC2)cc1. The topological polar surface area (TPSA) is 61.4 Å². The number of urea groups is 1. The summed E-state index contributed by atoms with van der Waals surface area (Å²) in [6.45, 7) is 2.42. The van der Waals surface area contributed by atoms with Crippen molar-refractivity contribution in [3.63, 3.8) is 0 Å². The van der Waals surface area contributed by atoms with Crippen LogP contribution in [0.5, 0.6) is 0 Å². The molecule has 0 aromatic heterocycles. The summed E-state index contributed by atoms with van der Waals surface area (Å²) >= 11 is 0. The molecule has 0 saturated heterocycles. The second-order valence-electron chi connectivity index (χ2n) is 6.63. The van der Waals surface area contributed by atoms with Crippen LogP contribution < -0.4 is 10.6 Å². The van der Waals surface area contributed by atoms with Crippen molar-refractivity contribution in [2.75, 3.05) is 6.54 Å². The van der Waals surface area contributed by atoms with Gasteiger partial charge < -0.3 is 15.7 Å². The van der Waals surface area contributed by atoms with Crippen LogP contribution in [-0.4, -0.2) is 23.3 Å². The van der Waals surface area contributed by atoms with Gasteiger partial charge in [0.25, 0.3) is 0 Å². The van der Waals surface area contributed by atoms with Gasteiger partial charge in [-0.15, -0.1) is 0 Å². The lowest BCUT2D eigenvalue weighted by Gasteiger charge is -2.36. The molecule has 2 fully saturated rings. The van der Waals surface area contributed by atoms with Crippen LogP contribution in [0.15, 0.2) is 24.3 Å². The van der Waals surface area contributed by atoms with E-state index in [1.165, 1.54) is 24.0 Å². The first-order valence-electron chi connectivity index (χ1n) is 7.89. The van der Waals surface area contributed by atoms with Gasteiger partial charge in [0.2, 0.25) is 0 Å². The molecule has 4 nitrogen and oxygen atoms in total. The zero-order chi connectivity index (χ0) is 14.9. The number of amides is 2. The highest BCUT2D eigenvalue weighted by Gasteiger charge is 2.36. The van der Waals surface area contributed by atoms with E-state index in [1.54, 1.807) is 0 Å². The van der Waals surface area contributed by atoms with Crippen LogP contribution in [0.2, 0.25) is 0 Å². The zero-order valence-corrected chi connectivity index (χ0v) is 12.6. The predicted octanol–water partition coefficient (Wildman–Crippen LogP) is 2.66. The molecule has 1 aromatic carbocycles. The van der Waals surface area contributed by atoms with Gasteiger partial charge in [0.05, 0.1) is 11.6 Å². The monoisotopic (exact) mass is 288 g/mol. The number of hydrogen-bond donors (Lipinski definition) is 3. The molecule has 3 N–H and O–H groups in total. The minimum absolute atomic E-state index is 0.0848. The number of rotatable bonds is 5. The second kappa shape index (κ2) is 5.68. The van der Waals surface area contributed by atoms with Crippen LogP contribution >= 0.6 is 0 Å². The molecule has 1 unspecified atom stereocenters. The highest BCUT2D eigenvalue weighted by molar-refractivity contribution is 5.74. The number of aliphatic hydroxyl groups is 1. The quantitative estimate of drug-likeness (QED) is 0.780. The molecule has 21 heavy (non-hydrogen) atoms. The normalized spacial score (nSPS) is 21.2. The molecule has 4 heteroatoms. The molecule has 3 rings (SSSR count). The molecule has 2 aliphatic rings. The maximum absolute atomic E-state index is 12.1. The number of nitrogens with one attached hydrogen (secondary N) is 2. The van der Waals surface area contributed by atoms with Gasteiger partial charge in [-0.1, -0.05) is 29.8 Å². The van der Waals surface area contributed by atoms with Crippen molar-refractivity contribution >= 4 is 6.03 Å². The Morgan fingerprint density at radius 3 is 2.52 bits per heavy atom. The van der Waals surface area contributed by atoms with Gasteiger partial charge in [-0.05, 0) is 50.5 Å². The Balaban J connectivity index is 1.57. The van der Waals surface area contributed by atoms with Gasteiger partial charge in [0.15, 0.2) is 0 Å². The van der Waals surface area contributed by atoms with Crippen molar-refractivity contribution in [2.45, 2.75) is 50.7 Å². The average molecular weight is 288 g/mol. The van der Waals surface area contributed by atoms with E-state index in [2.05, 4.69) is 41.8 Å². The minimum Gasteiger partial charge on any atom is -0.388 e. The maximum Gasteiger partial charge on any atom is 0.315 e. The summed E-state index contributed by atoms with van der Waals surface area (Å²) in [5.41, 5.74) is 1.72. The van der Waals surface area contributed by atoms with E-state index in [1.807, 2.05) is 0 Å². The summed E-state index contributed by atoms with van der Waals surface area (Å²) in [6.07, 6.45) is 4.97. The number of carbonyl (C=O) groups is 1. The molecule has 0 aliphatic heterocycles. The highest BCUT2D eigenvalue weighted by Crippen LogP contribution is 2.41. The van der Waals surface area contributed by atoms with Crippen molar-refractivity contribution in [3.05, 3.63) is 35.4 Å².